The molecule has 0 radical (unpaired) electrons. The number of anilines is 2. The number of hydrogen-bond acceptors (Lipinski definition) is 2. The van der Waals surface area contributed by atoms with Crippen molar-refractivity contribution < 1.29 is 8.78 Å². The first-order valence-corrected chi connectivity index (χ1v) is 6.36. The molecule has 0 atom stereocenters. The van der Waals surface area contributed by atoms with Crippen LogP contribution in [0.2, 0.25) is 0 Å². The Morgan fingerprint density at radius 3 is 2.84 bits per heavy atom. The summed E-state index contributed by atoms with van der Waals surface area (Å²) in [5.41, 5.74) is 0.943. The van der Waals surface area contributed by atoms with Crippen molar-refractivity contribution in [3.05, 3.63) is 41.7 Å². The second-order valence-electron chi connectivity index (χ2n) is 4.48. The lowest BCUT2D eigenvalue weighted by atomic mass is 10.3. The molecule has 0 fully saturated rings. The van der Waals surface area contributed by atoms with Gasteiger partial charge in [-0.1, -0.05) is 19.4 Å². The molecule has 2 rings (SSSR count). The number of imidazole rings is 1. The normalized spacial score (nSPS) is 10.7. The number of nitrogens with one attached hydrogen (secondary N) is 1. The third-order valence-corrected chi connectivity index (χ3v) is 2.85. The average Bonchev–Trinajstić information content (AvgIpc) is 2.73. The topological polar surface area (TPSA) is 29.9 Å². The first kappa shape index (κ1) is 13.5. The molecule has 0 aliphatic heterocycles. The minimum absolute atomic E-state index is 0.100. The van der Waals surface area contributed by atoms with Crippen LogP contribution in [0.15, 0.2) is 24.4 Å². The van der Waals surface area contributed by atoms with Gasteiger partial charge in [0.15, 0.2) is 11.6 Å². The van der Waals surface area contributed by atoms with E-state index in [1.54, 1.807) is 0 Å². The molecule has 19 heavy (non-hydrogen) atoms. The van der Waals surface area contributed by atoms with Crippen molar-refractivity contribution in [3.8, 4) is 0 Å². The molecule has 0 spiro atoms. The molecule has 3 nitrogen and oxygen atoms in total. The Bertz CT molecular complexity index is 564. The minimum atomic E-state index is -0.884. The molecule has 5 heteroatoms. The molecule has 1 N–H and O–H groups in total. The standard InChI is InChI=1S/C14H17F2N3/c1-3-4-8-19-9-10(2)17-14(19)18-12-7-5-6-11(15)13(12)16/h5-7,9H,3-4,8H2,1-2H3,(H,17,18). The highest BCUT2D eigenvalue weighted by molar-refractivity contribution is 5.54. The van der Waals surface area contributed by atoms with Crippen molar-refractivity contribution in [1.82, 2.24) is 9.55 Å². The van der Waals surface area contributed by atoms with E-state index < -0.39 is 11.6 Å². The SMILES string of the molecule is CCCCn1cc(C)nc1Nc1cccc(F)c1F. The number of rotatable bonds is 5. The molecule has 0 saturated carbocycles. The predicted octanol–water partition coefficient (Wildman–Crippen LogP) is 4.01. The highest BCUT2D eigenvalue weighted by atomic mass is 19.2. The van der Waals surface area contributed by atoms with Gasteiger partial charge in [-0.3, -0.25) is 0 Å². The molecule has 0 unspecified atom stereocenters. The molecule has 0 bridgehead atoms. The molecular formula is C14H17F2N3. The fraction of sp³-hybridized carbons (Fsp3) is 0.357. The van der Waals surface area contributed by atoms with E-state index in [2.05, 4.69) is 17.2 Å². The summed E-state index contributed by atoms with van der Waals surface area (Å²) in [6.45, 7) is 4.77. The Hall–Kier alpha value is -1.91. The number of aryl methyl sites for hydroxylation is 2. The van der Waals surface area contributed by atoms with Crippen LogP contribution in [0.1, 0.15) is 25.5 Å². The van der Waals surface area contributed by atoms with Crippen LogP contribution in [0, 0.1) is 18.6 Å². The molecule has 0 amide bonds. The summed E-state index contributed by atoms with van der Waals surface area (Å²) in [6.07, 6.45) is 3.97. The van der Waals surface area contributed by atoms with E-state index in [-0.39, 0.29) is 5.69 Å². The third kappa shape index (κ3) is 3.10. The first-order chi connectivity index (χ1) is 9.11. The van der Waals surface area contributed by atoms with E-state index in [1.165, 1.54) is 12.1 Å². The van der Waals surface area contributed by atoms with Crippen LogP contribution >= 0.6 is 0 Å². The Morgan fingerprint density at radius 1 is 1.32 bits per heavy atom. The Labute approximate surface area is 111 Å². The Balaban J connectivity index is 2.25. The summed E-state index contributed by atoms with van der Waals surface area (Å²) < 4.78 is 28.7. The largest absolute Gasteiger partial charge is 0.323 e. The van der Waals surface area contributed by atoms with Crippen LogP contribution in [0.5, 0.6) is 0 Å². The first-order valence-electron chi connectivity index (χ1n) is 6.36. The van der Waals surface area contributed by atoms with Gasteiger partial charge in [-0.05, 0) is 25.5 Å². The third-order valence-electron chi connectivity index (χ3n) is 2.85. The smallest absolute Gasteiger partial charge is 0.207 e. The van der Waals surface area contributed by atoms with Crippen molar-refractivity contribution >= 4 is 11.6 Å². The number of halogens is 2. The zero-order valence-corrected chi connectivity index (χ0v) is 11.1. The zero-order chi connectivity index (χ0) is 13.8. The van der Waals surface area contributed by atoms with E-state index in [9.17, 15) is 8.78 Å². The van der Waals surface area contributed by atoms with Crippen LogP contribution in [-0.2, 0) is 6.54 Å². The van der Waals surface area contributed by atoms with Crippen molar-refractivity contribution in [2.24, 2.45) is 0 Å². The lowest BCUT2D eigenvalue weighted by Gasteiger charge is -2.10. The van der Waals surface area contributed by atoms with Crippen molar-refractivity contribution in [2.45, 2.75) is 33.2 Å². The maximum Gasteiger partial charge on any atom is 0.207 e. The van der Waals surface area contributed by atoms with Gasteiger partial charge in [-0.2, -0.15) is 0 Å². The van der Waals surface area contributed by atoms with Gasteiger partial charge in [0, 0.05) is 12.7 Å². The fourth-order valence-electron chi connectivity index (χ4n) is 1.87. The van der Waals surface area contributed by atoms with Crippen LogP contribution in [0.4, 0.5) is 20.4 Å². The quantitative estimate of drug-likeness (QED) is 0.885. The lowest BCUT2D eigenvalue weighted by molar-refractivity contribution is 0.511. The number of aromatic nitrogens is 2. The number of nitrogens with zero attached hydrogens (tertiary/aromatic N) is 2. The maximum absolute atomic E-state index is 13.6. The average molecular weight is 265 g/mol. The van der Waals surface area contributed by atoms with Gasteiger partial charge in [0.1, 0.15) is 0 Å². The number of hydrogen-bond donors (Lipinski definition) is 1. The summed E-state index contributed by atoms with van der Waals surface area (Å²) in [5, 5.41) is 2.85. The number of benzene rings is 1. The van der Waals surface area contributed by atoms with E-state index in [0.717, 1.165) is 31.1 Å². The summed E-state index contributed by atoms with van der Waals surface area (Å²) in [6, 6.07) is 4.05. The van der Waals surface area contributed by atoms with Gasteiger partial charge in [0.25, 0.3) is 0 Å². The Kier molecular flexibility index (Phi) is 4.14. The molecule has 0 aliphatic carbocycles. The summed E-state index contributed by atoms with van der Waals surface area (Å²) >= 11 is 0. The molecule has 102 valence electrons. The Morgan fingerprint density at radius 2 is 2.11 bits per heavy atom. The fourth-order valence-corrected chi connectivity index (χ4v) is 1.87. The molecule has 1 heterocycles. The highest BCUT2D eigenvalue weighted by Crippen LogP contribution is 2.21. The van der Waals surface area contributed by atoms with E-state index in [4.69, 9.17) is 0 Å². The maximum atomic E-state index is 13.6. The van der Waals surface area contributed by atoms with Crippen molar-refractivity contribution in [3.63, 3.8) is 0 Å². The molecule has 1 aromatic carbocycles. The summed E-state index contributed by atoms with van der Waals surface area (Å²) in [4.78, 5) is 4.29. The molecule has 2 aromatic rings. The van der Waals surface area contributed by atoms with Crippen molar-refractivity contribution in [1.29, 1.82) is 0 Å². The summed E-state index contributed by atoms with van der Waals surface area (Å²) in [5.74, 6) is -1.21. The van der Waals surface area contributed by atoms with Crippen LogP contribution < -0.4 is 5.32 Å². The highest BCUT2D eigenvalue weighted by Gasteiger charge is 2.11. The van der Waals surface area contributed by atoms with Gasteiger partial charge in [0.2, 0.25) is 5.95 Å². The monoisotopic (exact) mass is 265 g/mol. The van der Waals surface area contributed by atoms with Crippen LogP contribution in [0.3, 0.4) is 0 Å². The molecule has 0 aliphatic rings. The van der Waals surface area contributed by atoms with Gasteiger partial charge in [-0.25, -0.2) is 13.8 Å². The molecule has 1 aromatic heterocycles. The zero-order valence-electron chi connectivity index (χ0n) is 11.1. The number of unbranched alkanes of at least 4 members (excludes halogenated alkanes) is 1. The van der Waals surface area contributed by atoms with Gasteiger partial charge >= 0.3 is 0 Å². The van der Waals surface area contributed by atoms with Crippen LogP contribution in [-0.4, -0.2) is 9.55 Å². The van der Waals surface area contributed by atoms with Gasteiger partial charge < -0.3 is 9.88 Å². The van der Waals surface area contributed by atoms with E-state index in [0.29, 0.717) is 5.95 Å². The molecule has 0 saturated heterocycles. The second kappa shape index (κ2) is 5.82. The van der Waals surface area contributed by atoms with Crippen molar-refractivity contribution in [2.75, 3.05) is 5.32 Å². The molecular weight excluding hydrogens is 248 g/mol. The predicted molar refractivity (Wildman–Crippen MR) is 71.5 cm³/mol. The lowest BCUT2D eigenvalue weighted by Crippen LogP contribution is -2.05. The van der Waals surface area contributed by atoms with Crippen LogP contribution in [0.25, 0.3) is 0 Å². The summed E-state index contributed by atoms with van der Waals surface area (Å²) in [7, 11) is 0. The minimum Gasteiger partial charge on any atom is -0.323 e. The van der Waals surface area contributed by atoms with Gasteiger partial charge in [-0.15, -0.1) is 0 Å². The van der Waals surface area contributed by atoms with E-state index >= 15 is 0 Å². The van der Waals surface area contributed by atoms with Gasteiger partial charge in [0.05, 0.1) is 11.4 Å². The second-order valence-corrected chi connectivity index (χ2v) is 4.48. The van der Waals surface area contributed by atoms with E-state index in [1.807, 2.05) is 17.7 Å².